The standard InChI is InChI=1S/C29H27N7O4S/c1-19-13-21(4-7-26(19)39-22-9-11-36-28(15-22)32-18-34-36)35-29-24-14-20(3-6-25(24)31-17-33-29)27-8-5-23(40-27)16-30-10-12-41(2,37)38/h3-9,11,13-15,17-18,30H,10,12,16H2,1-2H3,(H,31,33,35). The molecule has 0 fully saturated rings. The van der Waals surface area contributed by atoms with Crippen molar-refractivity contribution in [1.82, 2.24) is 29.9 Å². The van der Waals surface area contributed by atoms with E-state index in [-0.39, 0.29) is 5.75 Å². The lowest BCUT2D eigenvalue weighted by Crippen LogP contribution is -2.21. The SMILES string of the molecule is Cc1cc(Nc2ncnc3ccc(-c4ccc(CNCCS(C)(=O)=O)o4)cc23)ccc1Oc1ccn2ncnc2c1. The minimum Gasteiger partial charge on any atom is -0.460 e. The van der Waals surface area contributed by atoms with E-state index < -0.39 is 9.84 Å². The van der Waals surface area contributed by atoms with Gasteiger partial charge in [0.1, 0.15) is 51.3 Å². The average molecular weight is 570 g/mol. The van der Waals surface area contributed by atoms with E-state index in [1.54, 1.807) is 10.7 Å². The van der Waals surface area contributed by atoms with Gasteiger partial charge in [-0.25, -0.2) is 27.9 Å². The van der Waals surface area contributed by atoms with Crippen LogP contribution in [0.3, 0.4) is 0 Å². The number of pyridine rings is 1. The molecule has 0 aliphatic rings. The molecule has 0 aliphatic carbocycles. The number of nitrogens with zero attached hydrogens (tertiary/aromatic N) is 5. The maximum absolute atomic E-state index is 11.3. The molecule has 4 aromatic heterocycles. The molecule has 12 heteroatoms. The molecule has 0 spiro atoms. The molecule has 0 amide bonds. The summed E-state index contributed by atoms with van der Waals surface area (Å²) in [6.07, 6.45) is 6.06. The van der Waals surface area contributed by atoms with Crippen molar-refractivity contribution >= 4 is 37.9 Å². The van der Waals surface area contributed by atoms with Crippen molar-refractivity contribution in [3.05, 3.63) is 90.8 Å². The molecular weight excluding hydrogens is 542 g/mol. The van der Waals surface area contributed by atoms with Gasteiger partial charge in [0.2, 0.25) is 0 Å². The number of hydrogen-bond acceptors (Lipinski definition) is 10. The summed E-state index contributed by atoms with van der Waals surface area (Å²) in [7, 11) is -3.01. The van der Waals surface area contributed by atoms with Crippen LogP contribution in [-0.4, -0.2) is 51.5 Å². The number of fused-ring (bicyclic) bond motifs is 2. The van der Waals surface area contributed by atoms with E-state index in [9.17, 15) is 8.42 Å². The van der Waals surface area contributed by atoms with Gasteiger partial charge in [-0.1, -0.05) is 0 Å². The fourth-order valence-corrected chi connectivity index (χ4v) is 4.89. The first kappa shape index (κ1) is 26.4. The van der Waals surface area contributed by atoms with Crippen LogP contribution in [0, 0.1) is 6.92 Å². The van der Waals surface area contributed by atoms with Crippen LogP contribution in [0.2, 0.25) is 0 Å². The maximum atomic E-state index is 11.3. The summed E-state index contributed by atoms with van der Waals surface area (Å²) in [5, 5.41) is 11.5. The number of hydrogen-bond donors (Lipinski definition) is 2. The van der Waals surface area contributed by atoms with Crippen LogP contribution in [0.25, 0.3) is 27.9 Å². The number of nitrogens with one attached hydrogen (secondary N) is 2. The van der Waals surface area contributed by atoms with Crippen LogP contribution >= 0.6 is 0 Å². The zero-order valence-electron chi connectivity index (χ0n) is 22.4. The van der Waals surface area contributed by atoms with Gasteiger partial charge in [0.15, 0.2) is 5.65 Å². The largest absolute Gasteiger partial charge is 0.460 e. The monoisotopic (exact) mass is 569 g/mol. The normalized spacial score (nSPS) is 11.8. The number of aromatic nitrogens is 5. The number of sulfone groups is 1. The van der Waals surface area contributed by atoms with Crippen molar-refractivity contribution in [1.29, 1.82) is 0 Å². The predicted molar refractivity (Wildman–Crippen MR) is 156 cm³/mol. The van der Waals surface area contributed by atoms with Gasteiger partial charge >= 0.3 is 0 Å². The number of aryl methyl sites for hydroxylation is 1. The van der Waals surface area contributed by atoms with Crippen LogP contribution in [-0.2, 0) is 16.4 Å². The minimum absolute atomic E-state index is 0.0799. The third-order valence-electron chi connectivity index (χ3n) is 6.45. The van der Waals surface area contributed by atoms with E-state index in [0.717, 1.165) is 39.2 Å². The molecule has 2 aromatic carbocycles. The first-order chi connectivity index (χ1) is 19.8. The number of ether oxygens (including phenoxy) is 1. The molecule has 6 aromatic rings. The van der Waals surface area contributed by atoms with Crippen molar-refractivity contribution in [2.45, 2.75) is 13.5 Å². The topological polar surface area (TPSA) is 137 Å². The number of anilines is 2. The highest BCUT2D eigenvalue weighted by Gasteiger charge is 2.11. The quantitative estimate of drug-likeness (QED) is 0.219. The van der Waals surface area contributed by atoms with Crippen LogP contribution in [0.1, 0.15) is 11.3 Å². The summed E-state index contributed by atoms with van der Waals surface area (Å²) in [6, 6.07) is 19.2. The summed E-state index contributed by atoms with van der Waals surface area (Å²) in [4.78, 5) is 13.1. The summed E-state index contributed by atoms with van der Waals surface area (Å²) in [6.45, 7) is 2.78. The Morgan fingerprint density at radius 3 is 2.73 bits per heavy atom. The second kappa shape index (κ2) is 11.0. The van der Waals surface area contributed by atoms with E-state index in [4.69, 9.17) is 9.15 Å². The molecule has 0 atom stereocenters. The van der Waals surface area contributed by atoms with Crippen LogP contribution < -0.4 is 15.4 Å². The fourth-order valence-electron chi connectivity index (χ4n) is 4.37. The Morgan fingerprint density at radius 1 is 0.976 bits per heavy atom. The summed E-state index contributed by atoms with van der Waals surface area (Å²) >= 11 is 0. The Bertz CT molecular complexity index is 1970. The van der Waals surface area contributed by atoms with Gasteiger partial charge in [0.05, 0.1) is 17.8 Å². The van der Waals surface area contributed by atoms with E-state index in [0.29, 0.717) is 36.1 Å². The molecule has 0 saturated heterocycles. The highest BCUT2D eigenvalue weighted by atomic mass is 32.2. The van der Waals surface area contributed by atoms with Gasteiger partial charge in [-0.05, 0) is 67.1 Å². The number of furan rings is 1. The summed E-state index contributed by atoms with van der Waals surface area (Å²) in [5.74, 6) is 3.56. The average Bonchev–Trinajstić information content (AvgIpc) is 3.62. The maximum Gasteiger partial charge on any atom is 0.158 e. The molecule has 208 valence electrons. The first-order valence-electron chi connectivity index (χ1n) is 12.9. The number of rotatable bonds is 10. The molecule has 0 bridgehead atoms. The lowest BCUT2D eigenvalue weighted by molar-refractivity contribution is 0.478. The van der Waals surface area contributed by atoms with Crippen LogP contribution in [0.15, 0.2) is 83.9 Å². The molecule has 0 saturated carbocycles. The molecule has 41 heavy (non-hydrogen) atoms. The predicted octanol–water partition coefficient (Wildman–Crippen LogP) is 4.91. The Kier molecular flexibility index (Phi) is 7.08. The molecule has 6 rings (SSSR count). The number of benzene rings is 2. The van der Waals surface area contributed by atoms with Gasteiger partial charge in [0.25, 0.3) is 0 Å². The van der Waals surface area contributed by atoms with E-state index in [1.165, 1.54) is 18.9 Å². The molecule has 2 N–H and O–H groups in total. The van der Waals surface area contributed by atoms with Crippen molar-refractivity contribution in [3.8, 4) is 22.8 Å². The minimum atomic E-state index is -3.01. The third kappa shape index (κ3) is 6.18. The second-order valence-electron chi connectivity index (χ2n) is 9.66. The van der Waals surface area contributed by atoms with Crippen LogP contribution in [0.4, 0.5) is 11.5 Å². The Labute approximate surface area is 236 Å². The lowest BCUT2D eigenvalue weighted by atomic mass is 10.1. The van der Waals surface area contributed by atoms with Gasteiger partial charge in [-0.2, -0.15) is 5.10 Å². The Morgan fingerprint density at radius 2 is 1.88 bits per heavy atom. The first-order valence-corrected chi connectivity index (χ1v) is 14.9. The molecule has 0 aliphatic heterocycles. The zero-order valence-corrected chi connectivity index (χ0v) is 23.2. The van der Waals surface area contributed by atoms with E-state index in [1.807, 2.05) is 67.6 Å². The fraction of sp³-hybridized carbons (Fsp3) is 0.172. The molecular formula is C29H27N7O4S. The lowest BCUT2D eigenvalue weighted by Gasteiger charge is -2.13. The summed E-state index contributed by atoms with van der Waals surface area (Å²) in [5.41, 5.74) is 4.18. The van der Waals surface area contributed by atoms with Crippen LogP contribution in [0.5, 0.6) is 11.5 Å². The second-order valence-corrected chi connectivity index (χ2v) is 11.9. The molecule has 4 heterocycles. The van der Waals surface area contributed by atoms with Crippen molar-refractivity contribution in [2.75, 3.05) is 23.9 Å². The highest BCUT2D eigenvalue weighted by molar-refractivity contribution is 7.90. The van der Waals surface area contributed by atoms with Gasteiger partial charge in [0, 0.05) is 41.7 Å². The summed E-state index contributed by atoms with van der Waals surface area (Å²) < 4.78 is 36.4. The van der Waals surface area contributed by atoms with Gasteiger partial charge in [-0.3, -0.25) is 0 Å². The van der Waals surface area contributed by atoms with Crippen molar-refractivity contribution in [3.63, 3.8) is 0 Å². The smallest absolute Gasteiger partial charge is 0.158 e. The molecule has 11 nitrogen and oxygen atoms in total. The van der Waals surface area contributed by atoms with Gasteiger partial charge < -0.3 is 19.8 Å². The Hall–Kier alpha value is -4.81. The highest BCUT2D eigenvalue weighted by Crippen LogP contribution is 2.32. The van der Waals surface area contributed by atoms with E-state index in [2.05, 4.69) is 30.7 Å². The third-order valence-corrected chi connectivity index (χ3v) is 7.39. The Balaban J connectivity index is 1.18. The van der Waals surface area contributed by atoms with Crippen molar-refractivity contribution in [2.24, 2.45) is 0 Å². The van der Waals surface area contributed by atoms with Gasteiger partial charge in [-0.15, -0.1) is 0 Å². The zero-order chi connectivity index (χ0) is 28.4. The molecule has 0 radical (unpaired) electrons. The molecule has 0 unspecified atom stereocenters. The van der Waals surface area contributed by atoms with E-state index >= 15 is 0 Å². The van der Waals surface area contributed by atoms with Crippen molar-refractivity contribution < 1.29 is 17.6 Å².